The zero-order valence-corrected chi connectivity index (χ0v) is 4.80. The van der Waals surface area contributed by atoms with Crippen molar-refractivity contribution in [2.24, 2.45) is 5.92 Å². The van der Waals surface area contributed by atoms with Gasteiger partial charge in [0, 0.05) is 6.61 Å². The zero-order chi connectivity index (χ0) is 5.98. The van der Waals surface area contributed by atoms with Crippen LogP contribution >= 0.6 is 0 Å². The molecule has 1 rings (SSSR count). The lowest BCUT2D eigenvalue weighted by molar-refractivity contribution is 0.219. The van der Waals surface area contributed by atoms with Crippen LogP contribution in [-0.2, 0) is 0 Å². The van der Waals surface area contributed by atoms with Crippen molar-refractivity contribution >= 4 is 0 Å². The SMILES string of the molecule is OCC1CC[C](O)C1. The molecule has 1 aliphatic carbocycles. The van der Waals surface area contributed by atoms with Gasteiger partial charge in [0.2, 0.25) is 0 Å². The molecule has 8 heavy (non-hydrogen) atoms. The van der Waals surface area contributed by atoms with Crippen LogP contribution in [0.3, 0.4) is 0 Å². The fourth-order valence-corrected chi connectivity index (χ4v) is 1.06. The van der Waals surface area contributed by atoms with Crippen LogP contribution in [0.25, 0.3) is 0 Å². The molecule has 1 atom stereocenters. The molecule has 2 nitrogen and oxygen atoms in total. The maximum atomic E-state index is 8.84. The Morgan fingerprint density at radius 3 is 2.62 bits per heavy atom. The summed E-state index contributed by atoms with van der Waals surface area (Å²) in [6.07, 6.45) is 3.04. The number of aliphatic hydroxyl groups is 2. The monoisotopic (exact) mass is 115 g/mol. The van der Waals surface area contributed by atoms with Gasteiger partial charge in [-0.25, -0.2) is 0 Å². The van der Waals surface area contributed by atoms with Gasteiger partial charge in [-0.05, 0) is 25.2 Å². The molecule has 0 aliphatic heterocycles. The fourth-order valence-electron chi connectivity index (χ4n) is 1.06. The minimum atomic E-state index is 0.226. The number of hydrogen-bond acceptors (Lipinski definition) is 2. The van der Waals surface area contributed by atoms with Crippen molar-refractivity contribution in [3.8, 4) is 0 Å². The van der Waals surface area contributed by atoms with Gasteiger partial charge < -0.3 is 10.2 Å². The van der Waals surface area contributed by atoms with E-state index in [9.17, 15) is 0 Å². The predicted molar refractivity (Wildman–Crippen MR) is 29.6 cm³/mol. The molecule has 1 unspecified atom stereocenters. The van der Waals surface area contributed by atoms with E-state index in [-0.39, 0.29) is 6.61 Å². The van der Waals surface area contributed by atoms with Gasteiger partial charge in [-0.3, -0.25) is 0 Å². The summed E-state index contributed by atoms with van der Waals surface area (Å²) in [5.74, 6) is 0.343. The molecule has 0 heterocycles. The summed E-state index contributed by atoms with van der Waals surface area (Å²) in [6, 6.07) is 0. The summed E-state index contributed by atoms with van der Waals surface area (Å²) in [5, 5.41) is 17.4. The summed E-state index contributed by atoms with van der Waals surface area (Å²) < 4.78 is 0. The molecular formula is C6H11O2. The normalized spacial score (nSPS) is 31.5. The molecule has 0 amide bonds. The van der Waals surface area contributed by atoms with Crippen LogP contribution in [0.5, 0.6) is 0 Å². The summed E-state index contributed by atoms with van der Waals surface area (Å²) in [4.78, 5) is 0. The maximum Gasteiger partial charge on any atom is 0.0937 e. The Labute approximate surface area is 49.1 Å². The summed E-state index contributed by atoms with van der Waals surface area (Å²) in [5.41, 5.74) is 0. The first kappa shape index (κ1) is 6.05. The van der Waals surface area contributed by atoms with Crippen LogP contribution in [0.4, 0.5) is 0 Å². The van der Waals surface area contributed by atoms with Crippen molar-refractivity contribution < 1.29 is 10.2 Å². The molecule has 1 radical (unpaired) electrons. The van der Waals surface area contributed by atoms with Crippen LogP contribution < -0.4 is 0 Å². The third-order valence-electron chi connectivity index (χ3n) is 1.62. The second-order valence-corrected chi connectivity index (χ2v) is 2.36. The van der Waals surface area contributed by atoms with E-state index >= 15 is 0 Å². The lowest BCUT2D eigenvalue weighted by Gasteiger charge is -2.00. The molecule has 2 heteroatoms. The molecule has 0 aromatic rings. The lowest BCUT2D eigenvalue weighted by atomic mass is 10.1. The van der Waals surface area contributed by atoms with Gasteiger partial charge in [-0.1, -0.05) is 0 Å². The Balaban J connectivity index is 2.22. The van der Waals surface area contributed by atoms with Crippen molar-refractivity contribution in [3.05, 3.63) is 6.10 Å². The fraction of sp³-hybridized carbons (Fsp3) is 0.833. The van der Waals surface area contributed by atoms with Crippen LogP contribution in [0.15, 0.2) is 0 Å². The summed E-state index contributed by atoms with van der Waals surface area (Å²) in [7, 11) is 0. The summed E-state index contributed by atoms with van der Waals surface area (Å²) in [6.45, 7) is 0.226. The van der Waals surface area contributed by atoms with E-state index in [1.807, 2.05) is 0 Å². The molecule has 1 aliphatic rings. The molecule has 0 spiro atoms. The summed E-state index contributed by atoms with van der Waals surface area (Å²) >= 11 is 0. The van der Waals surface area contributed by atoms with Gasteiger partial charge >= 0.3 is 0 Å². The second-order valence-electron chi connectivity index (χ2n) is 2.36. The highest BCUT2D eigenvalue weighted by atomic mass is 16.3. The van der Waals surface area contributed by atoms with E-state index in [4.69, 9.17) is 10.2 Å². The Morgan fingerprint density at radius 1 is 1.62 bits per heavy atom. The molecule has 47 valence electrons. The third kappa shape index (κ3) is 1.20. The highest BCUT2D eigenvalue weighted by molar-refractivity contribution is 4.87. The molecule has 0 aromatic carbocycles. The Morgan fingerprint density at radius 2 is 2.38 bits per heavy atom. The molecule has 1 saturated carbocycles. The molecule has 0 aromatic heterocycles. The van der Waals surface area contributed by atoms with E-state index in [0.29, 0.717) is 12.0 Å². The Hall–Kier alpha value is -0.0800. The van der Waals surface area contributed by atoms with Crippen LogP contribution in [-0.4, -0.2) is 16.8 Å². The predicted octanol–water partition coefficient (Wildman–Crippen LogP) is 0.683. The van der Waals surface area contributed by atoms with Gasteiger partial charge in [0.1, 0.15) is 0 Å². The van der Waals surface area contributed by atoms with Crippen LogP contribution in [0, 0.1) is 12.0 Å². The standard InChI is InChI=1S/C6H11O2/c7-4-5-1-2-6(8)3-5/h5,7-8H,1-4H2. The van der Waals surface area contributed by atoms with Crippen molar-refractivity contribution in [1.82, 2.24) is 0 Å². The van der Waals surface area contributed by atoms with Gasteiger partial charge in [0.25, 0.3) is 0 Å². The van der Waals surface area contributed by atoms with Gasteiger partial charge in [0.15, 0.2) is 0 Å². The third-order valence-corrected chi connectivity index (χ3v) is 1.62. The Kier molecular flexibility index (Phi) is 1.86. The average molecular weight is 115 g/mol. The van der Waals surface area contributed by atoms with Crippen LogP contribution in [0.2, 0.25) is 0 Å². The number of hydrogen-bond donors (Lipinski definition) is 2. The highest BCUT2D eigenvalue weighted by Gasteiger charge is 2.22. The first-order valence-corrected chi connectivity index (χ1v) is 2.97. The minimum absolute atomic E-state index is 0.226. The first-order valence-electron chi connectivity index (χ1n) is 2.97. The molecule has 0 bridgehead atoms. The van der Waals surface area contributed by atoms with E-state index in [2.05, 4.69) is 0 Å². The zero-order valence-electron chi connectivity index (χ0n) is 4.80. The van der Waals surface area contributed by atoms with Crippen molar-refractivity contribution in [3.63, 3.8) is 0 Å². The second kappa shape index (κ2) is 2.46. The smallest absolute Gasteiger partial charge is 0.0937 e. The quantitative estimate of drug-likeness (QED) is 0.527. The maximum absolute atomic E-state index is 8.84. The topological polar surface area (TPSA) is 40.5 Å². The minimum Gasteiger partial charge on any atom is -0.396 e. The van der Waals surface area contributed by atoms with Crippen molar-refractivity contribution in [1.29, 1.82) is 0 Å². The largest absolute Gasteiger partial charge is 0.396 e. The number of aliphatic hydroxyl groups excluding tert-OH is 2. The van der Waals surface area contributed by atoms with E-state index in [1.165, 1.54) is 0 Å². The van der Waals surface area contributed by atoms with Crippen LogP contribution in [0.1, 0.15) is 19.3 Å². The average Bonchev–Trinajstić information content (AvgIpc) is 2.14. The van der Waals surface area contributed by atoms with Gasteiger partial charge in [0.05, 0.1) is 6.10 Å². The van der Waals surface area contributed by atoms with E-state index in [1.54, 1.807) is 0 Å². The lowest BCUT2D eigenvalue weighted by Crippen LogP contribution is -1.99. The first-order chi connectivity index (χ1) is 3.83. The molecule has 0 saturated heterocycles. The van der Waals surface area contributed by atoms with Crippen molar-refractivity contribution in [2.75, 3.05) is 6.61 Å². The van der Waals surface area contributed by atoms with E-state index < -0.39 is 0 Å². The molecular weight excluding hydrogens is 104 g/mol. The molecule has 1 fully saturated rings. The molecule has 2 N–H and O–H groups in total. The van der Waals surface area contributed by atoms with Gasteiger partial charge in [-0.15, -0.1) is 0 Å². The highest BCUT2D eigenvalue weighted by Crippen LogP contribution is 2.29. The van der Waals surface area contributed by atoms with E-state index in [0.717, 1.165) is 19.3 Å². The van der Waals surface area contributed by atoms with Crippen molar-refractivity contribution in [2.45, 2.75) is 19.3 Å². The Bertz CT molecular complexity index is 72.9. The number of rotatable bonds is 1. The van der Waals surface area contributed by atoms with Gasteiger partial charge in [-0.2, -0.15) is 0 Å².